The third kappa shape index (κ3) is 3.63. The number of hydrogen-bond donors (Lipinski definition) is 1. The largest absolute Gasteiger partial charge is 0.383 e. The van der Waals surface area contributed by atoms with Crippen LogP contribution in [0.3, 0.4) is 0 Å². The van der Waals surface area contributed by atoms with E-state index < -0.39 is 0 Å². The second-order valence-electron chi connectivity index (χ2n) is 6.60. The van der Waals surface area contributed by atoms with Crippen molar-refractivity contribution in [2.75, 3.05) is 20.3 Å². The molecule has 2 aromatic heterocycles. The molecule has 1 N–H and O–H groups in total. The molecular formula is C21H21ClN4OS. The molecule has 3 heterocycles. The van der Waals surface area contributed by atoms with Gasteiger partial charge in [-0.15, -0.1) is 0 Å². The van der Waals surface area contributed by atoms with Gasteiger partial charge in [0.25, 0.3) is 0 Å². The van der Waals surface area contributed by atoms with Gasteiger partial charge in [-0.2, -0.15) is 0 Å². The minimum atomic E-state index is -0.0570. The zero-order chi connectivity index (χ0) is 19.5. The number of nitrogens with zero attached hydrogens (tertiary/aromatic N) is 3. The fourth-order valence-corrected chi connectivity index (χ4v) is 4.17. The van der Waals surface area contributed by atoms with E-state index in [0.717, 1.165) is 17.1 Å². The average molecular weight is 413 g/mol. The molecule has 0 amide bonds. The van der Waals surface area contributed by atoms with Gasteiger partial charge in [-0.1, -0.05) is 23.7 Å². The third-order valence-electron chi connectivity index (χ3n) is 4.90. The van der Waals surface area contributed by atoms with E-state index in [9.17, 15) is 0 Å². The Balaban J connectivity index is 1.79. The molecule has 3 aromatic rings. The highest BCUT2D eigenvalue weighted by molar-refractivity contribution is 7.80. The molecule has 2 atom stereocenters. The van der Waals surface area contributed by atoms with Crippen molar-refractivity contribution < 1.29 is 4.74 Å². The number of halogens is 1. The van der Waals surface area contributed by atoms with Gasteiger partial charge in [0.1, 0.15) is 0 Å². The lowest BCUT2D eigenvalue weighted by atomic mass is 10.0. The zero-order valence-corrected chi connectivity index (χ0v) is 17.0. The van der Waals surface area contributed by atoms with Crippen LogP contribution < -0.4 is 5.32 Å². The third-order valence-corrected chi connectivity index (χ3v) is 5.49. The van der Waals surface area contributed by atoms with E-state index in [0.29, 0.717) is 23.3 Å². The first kappa shape index (κ1) is 18.9. The van der Waals surface area contributed by atoms with Crippen LogP contribution in [-0.4, -0.2) is 39.8 Å². The van der Waals surface area contributed by atoms with Gasteiger partial charge in [0.2, 0.25) is 0 Å². The Kier molecular flexibility index (Phi) is 5.62. The molecule has 1 fully saturated rings. The maximum absolute atomic E-state index is 6.24. The SMILES string of the molecule is COCCN1C(=S)NC(c2ccccn2)C1c1cccn1-c1cccc(Cl)c1. The maximum atomic E-state index is 6.24. The van der Waals surface area contributed by atoms with Crippen molar-refractivity contribution in [3.63, 3.8) is 0 Å². The Labute approximate surface area is 174 Å². The summed E-state index contributed by atoms with van der Waals surface area (Å²) >= 11 is 11.9. The molecule has 0 spiro atoms. The van der Waals surface area contributed by atoms with Crippen LogP contribution in [-0.2, 0) is 4.74 Å². The fraction of sp³-hybridized carbons (Fsp3) is 0.238. The monoisotopic (exact) mass is 412 g/mol. The van der Waals surface area contributed by atoms with E-state index in [2.05, 4.69) is 25.8 Å². The van der Waals surface area contributed by atoms with Gasteiger partial charge in [0.15, 0.2) is 5.11 Å². The number of hydrogen-bond acceptors (Lipinski definition) is 3. The number of benzene rings is 1. The fourth-order valence-electron chi connectivity index (χ4n) is 3.65. The second kappa shape index (κ2) is 8.31. The first-order chi connectivity index (χ1) is 13.7. The van der Waals surface area contributed by atoms with Crippen LogP contribution >= 0.6 is 23.8 Å². The predicted octanol–water partition coefficient (Wildman–Crippen LogP) is 4.14. The number of methoxy groups -OCH3 is 1. The minimum absolute atomic E-state index is 0.0217. The smallest absolute Gasteiger partial charge is 0.170 e. The first-order valence-electron chi connectivity index (χ1n) is 9.09. The van der Waals surface area contributed by atoms with Gasteiger partial charge in [-0.25, -0.2) is 0 Å². The zero-order valence-electron chi connectivity index (χ0n) is 15.5. The van der Waals surface area contributed by atoms with E-state index in [1.54, 1.807) is 7.11 Å². The lowest BCUT2D eigenvalue weighted by Crippen LogP contribution is -2.33. The summed E-state index contributed by atoms with van der Waals surface area (Å²) in [5.74, 6) is 0. The molecule has 1 aliphatic heterocycles. The summed E-state index contributed by atoms with van der Waals surface area (Å²) in [5, 5.41) is 4.87. The summed E-state index contributed by atoms with van der Waals surface area (Å²) in [7, 11) is 1.70. The molecule has 2 unspecified atom stereocenters. The molecule has 0 bridgehead atoms. The van der Waals surface area contributed by atoms with Gasteiger partial charge < -0.3 is 19.5 Å². The summed E-state index contributed by atoms with van der Waals surface area (Å²) in [6, 6.07) is 17.9. The van der Waals surface area contributed by atoms with E-state index >= 15 is 0 Å². The number of rotatable bonds is 6. The maximum Gasteiger partial charge on any atom is 0.170 e. The lowest BCUT2D eigenvalue weighted by molar-refractivity contribution is 0.163. The molecule has 4 rings (SSSR count). The van der Waals surface area contributed by atoms with Crippen LogP contribution in [0.15, 0.2) is 67.0 Å². The van der Waals surface area contributed by atoms with Crippen molar-refractivity contribution in [1.29, 1.82) is 0 Å². The van der Waals surface area contributed by atoms with Gasteiger partial charge in [-0.3, -0.25) is 4.98 Å². The number of aromatic nitrogens is 2. The Hall–Kier alpha value is -2.41. The van der Waals surface area contributed by atoms with Crippen molar-refractivity contribution in [3.8, 4) is 5.69 Å². The van der Waals surface area contributed by atoms with Crippen LogP contribution in [0.5, 0.6) is 0 Å². The predicted molar refractivity (Wildman–Crippen MR) is 115 cm³/mol. The highest BCUT2D eigenvalue weighted by Gasteiger charge is 2.41. The second-order valence-corrected chi connectivity index (χ2v) is 7.42. The summed E-state index contributed by atoms with van der Waals surface area (Å²) in [5.41, 5.74) is 3.08. The summed E-state index contributed by atoms with van der Waals surface area (Å²) in [4.78, 5) is 6.75. The number of pyridine rings is 1. The Bertz CT molecular complexity index is 962. The van der Waals surface area contributed by atoms with Crippen LogP contribution in [0.2, 0.25) is 5.02 Å². The molecule has 1 aromatic carbocycles. The van der Waals surface area contributed by atoms with Crippen LogP contribution in [0.25, 0.3) is 5.69 Å². The molecule has 0 saturated carbocycles. The minimum Gasteiger partial charge on any atom is -0.383 e. The Morgan fingerprint density at radius 3 is 2.82 bits per heavy atom. The molecular weight excluding hydrogens is 392 g/mol. The van der Waals surface area contributed by atoms with Gasteiger partial charge >= 0.3 is 0 Å². The van der Waals surface area contributed by atoms with E-state index in [1.807, 2.05) is 60.9 Å². The van der Waals surface area contributed by atoms with E-state index in [1.165, 1.54) is 0 Å². The van der Waals surface area contributed by atoms with Gasteiger partial charge in [0, 0.05) is 42.5 Å². The van der Waals surface area contributed by atoms with Crippen LogP contribution in [0.1, 0.15) is 23.5 Å². The van der Waals surface area contributed by atoms with Crippen LogP contribution in [0.4, 0.5) is 0 Å². The number of thiocarbonyl (C=S) groups is 1. The highest BCUT2D eigenvalue weighted by atomic mass is 35.5. The van der Waals surface area contributed by atoms with E-state index in [-0.39, 0.29) is 12.1 Å². The number of nitrogens with one attached hydrogen (secondary N) is 1. The molecule has 1 aliphatic rings. The molecule has 144 valence electrons. The van der Waals surface area contributed by atoms with Gasteiger partial charge in [-0.05, 0) is 54.7 Å². The summed E-state index contributed by atoms with van der Waals surface area (Å²) < 4.78 is 7.48. The standard InChI is InChI=1S/C21H21ClN4OS/c1-27-13-12-26-20(19(24-21(26)28)17-8-2-3-10-23-17)18-9-5-11-25(18)16-7-4-6-15(22)14-16/h2-11,14,19-20H,12-13H2,1H3,(H,24,28). The lowest BCUT2D eigenvalue weighted by Gasteiger charge is -2.28. The molecule has 1 saturated heterocycles. The first-order valence-corrected chi connectivity index (χ1v) is 9.88. The normalized spacial score (nSPS) is 19.1. The van der Waals surface area contributed by atoms with Gasteiger partial charge in [0.05, 0.1) is 24.4 Å². The number of ether oxygens (including phenoxy) is 1. The van der Waals surface area contributed by atoms with Crippen molar-refractivity contribution >= 4 is 28.9 Å². The Morgan fingerprint density at radius 1 is 1.18 bits per heavy atom. The van der Waals surface area contributed by atoms with Crippen molar-refractivity contribution in [2.24, 2.45) is 0 Å². The Morgan fingerprint density at radius 2 is 2.07 bits per heavy atom. The van der Waals surface area contributed by atoms with Crippen molar-refractivity contribution in [2.45, 2.75) is 12.1 Å². The average Bonchev–Trinajstić information content (AvgIpc) is 3.31. The molecule has 7 heteroatoms. The van der Waals surface area contributed by atoms with Crippen LogP contribution in [0, 0.1) is 0 Å². The molecule has 5 nitrogen and oxygen atoms in total. The van der Waals surface area contributed by atoms with Crippen molar-refractivity contribution in [1.82, 2.24) is 19.8 Å². The van der Waals surface area contributed by atoms with E-state index in [4.69, 9.17) is 28.6 Å². The van der Waals surface area contributed by atoms with Crippen molar-refractivity contribution in [3.05, 3.63) is 83.4 Å². The summed E-state index contributed by atoms with van der Waals surface area (Å²) in [6.07, 6.45) is 3.86. The molecule has 28 heavy (non-hydrogen) atoms. The highest BCUT2D eigenvalue weighted by Crippen LogP contribution is 2.39. The molecule has 0 aliphatic carbocycles. The topological polar surface area (TPSA) is 42.3 Å². The molecule has 0 radical (unpaired) electrons. The quantitative estimate of drug-likeness (QED) is 0.616. The summed E-state index contributed by atoms with van der Waals surface area (Å²) in [6.45, 7) is 1.28.